The minimum atomic E-state index is -0.327. The molecule has 1 saturated heterocycles. The number of nitrogens with zero attached hydrogens (tertiary/aromatic N) is 2. The highest BCUT2D eigenvalue weighted by atomic mass is 16.5. The molecule has 0 radical (unpaired) electrons. The van der Waals surface area contributed by atoms with Crippen molar-refractivity contribution < 1.29 is 9.84 Å². The fourth-order valence-electron chi connectivity index (χ4n) is 2.72. The second-order valence-electron chi connectivity index (χ2n) is 6.63. The molecule has 0 aromatic carbocycles. The predicted octanol–water partition coefficient (Wildman–Crippen LogP) is 2.58. The molecule has 0 bridgehead atoms. The lowest BCUT2D eigenvalue weighted by Crippen LogP contribution is -2.40. The second-order valence-corrected chi connectivity index (χ2v) is 6.63. The molecule has 3 N–H and O–H groups in total. The smallest absolute Gasteiger partial charge is 0.239 e. The van der Waals surface area contributed by atoms with Crippen LogP contribution in [0.5, 0.6) is 5.88 Å². The van der Waals surface area contributed by atoms with Crippen molar-refractivity contribution >= 4 is 11.5 Å². The Morgan fingerprint density at radius 1 is 1.38 bits per heavy atom. The van der Waals surface area contributed by atoms with Gasteiger partial charge in [-0.1, -0.05) is 0 Å². The van der Waals surface area contributed by atoms with Gasteiger partial charge >= 0.3 is 0 Å². The molecule has 5 heteroatoms. The van der Waals surface area contributed by atoms with Gasteiger partial charge in [-0.25, -0.2) is 0 Å². The van der Waals surface area contributed by atoms with Crippen LogP contribution in [0, 0.1) is 0 Å². The van der Waals surface area contributed by atoms with Crippen molar-refractivity contribution in [2.45, 2.75) is 58.1 Å². The van der Waals surface area contributed by atoms with E-state index < -0.39 is 0 Å². The Labute approximate surface area is 127 Å². The van der Waals surface area contributed by atoms with Crippen LogP contribution < -0.4 is 15.4 Å². The third-order valence-electron chi connectivity index (χ3n) is 3.66. The molecule has 1 aromatic heterocycles. The summed E-state index contributed by atoms with van der Waals surface area (Å²) >= 11 is 0. The maximum absolute atomic E-state index is 9.24. The van der Waals surface area contributed by atoms with Crippen molar-refractivity contribution in [2.75, 3.05) is 23.8 Å². The van der Waals surface area contributed by atoms with E-state index in [0.29, 0.717) is 17.6 Å². The number of aromatic nitrogens is 1. The molecule has 0 amide bonds. The van der Waals surface area contributed by atoms with Crippen molar-refractivity contribution in [3.8, 4) is 5.88 Å². The van der Waals surface area contributed by atoms with Gasteiger partial charge < -0.3 is 20.5 Å². The summed E-state index contributed by atoms with van der Waals surface area (Å²) in [5.41, 5.74) is 6.21. The fraction of sp³-hybridized carbons (Fsp3) is 0.688. The van der Waals surface area contributed by atoms with Gasteiger partial charge in [0.25, 0.3) is 0 Å². The van der Waals surface area contributed by atoms with Crippen LogP contribution in [-0.2, 0) is 0 Å². The van der Waals surface area contributed by atoms with E-state index >= 15 is 0 Å². The predicted molar refractivity (Wildman–Crippen MR) is 85.7 cm³/mol. The van der Waals surface area contributed by atoms with Crippen molar-refractivity contribution in [2.24, 2.45) is 0 Å². The van der Waals surface area contributed by atoms with E-state index in [0.717, 1.165) is 31.6 Å². The minimum absolute atomic E-state index is 0.210. The van der Waals surface area contributed by atoms with Gasteiger partial charge in [0.2, 0.25) is 5.88 Å². The Bertz CT molecular complexity index is 469. The van der Waals surface area contributed by atoms with E-state index in [2.05, 4.69) is 9.88 Å². The van der Waals surface area contributed by atoms with E-state index in [-0.39, 0.29) is 12.2 Å². The first-order chi connectivity index (χ1) is 9.90. The molecule has 1 fully saturated rings. The standard InChI is InChI=1S/C16H27N3O2/c1-16(2,3)21-15-13(17)7-8-14(18-15)19-10-5-4-6-12(19)9-11-20/h7-8,12,20H,4-6,9-11,17H2,1-3H3. The molecule has 0 saturated carbocycles. The van der Waals surface area contributed by atoms with E-state index in [4.69, 9.17) is 10.5 Å². The number of anilines is 2. The Morgan fingerprint density at radius 2 is 2.14 bits per heavy atom. The number of rotatable bonds is 4. The zero-order valence-corrected chi connectivity index (χ0v) is 13.3. The van der Waals surface area contributed by atoms with Crippen molar-refractivity contribution in [1.29, 1.82) is 0 Å². The van der Waals surface area contributed by atoms with Gasteiger partial charge in [-0.3, -0.25) is 0 Å². The maximum atomic E-state index is 9.24. The number of nitrogen functional groups attached to an aromatic ring is 1. The molecular weight excluding hydrogens is 266 g/mol. The van der Waals surface area contributed by atoms with Crippen LogP contribution in [0.25, 0.3) is 0 Å². The first-order valence-corrected chi connectivity index (χ1v) is 7.74. The topological polar surface area (TPSA) is 71.6 Å². The van der Waals surface area contributed by atoms with Gasteiger partial charge in [0.15, 0.2) is 0 Å². The summed E-state index contributed by atoms with van der Waals surface area (Å²) < 4.78 is 5.85. The number of hydrogen-bond acceptors (Lipinski definition) is 5. The molecule has 0 spiro atoms. The monoisotopic (exact) mass is 293 g/mol. The summed E-state index contributed by atoms with van der Waals surface area (Å²) in [6.45, 7) is 7.13. The molecule has 0 aliphatic carbocycles. The largest absolute Gasteiger partial charge is 0.470 e. The highest BCUT2D eigenvalue weighted by molar-refractivity contribution is 5.55. The number of aliphatic hydroxyl groups excluding tert-OH is 1. The average molecular weight is 293 g/mol. The van der Waals surface area contributed by atoms with Crippen LogP contribution in [0.15, 0.2) is 12.1 Å². The highest BCUT2D eigenvalue weighted by Gasteiger charge is 2.24. The van der Waals surface area contributed by atoms with Gasteiger partial charge in [-0.15, -0.1) is 0 Å². The van der Waals surface area contributed by atoms with Crippen LogP contribution in [0.1, 0.15) is 46.5 Å². The molecule has 21 heavy (non-hydrogen) atoms. The molecule has 1 aromatic rings. The average Bonchev–Trinajstić information content (AvgIpc) is 2.41. The Balaban J connectivity index is 2.24. The number of piperidine rings is 1. The lowest BCUT2D eigenvalue weighted by molar-refractivity contribution is 0.125. The highest BCUT2D eigenvalue weighted by Crippen LogP contribution is 2.30. The molecule has 5 nitrogen and oxygen atoms in total. The molecule has 2 heterocycles. The summed E-state index contributed by atoms with van der Waals surface area (Å²) in [6, 6.07) is 4.15. The summed E-state index contributed by atoms with van der Waals surface area (Å²) in [7, 11) is 0. The van der Waals surface area contributed by atoms with Gasteiger partial charge in [0, 0.05) is 19.2 Å². The normalized spacial score (nSPS) is 19.6. The third kappa shape index (κ3) is 4.24. The van der Waals surface area contributed by atoms with E-state index in [9.17, 15) is 5.11 Å². The van der Waals surface area contributed by atoms with Crippen LogP contribution in [-0.4, -0.2) is 34.9 Å². The summed E-state index contributed by atoms with van der Waals surface area (Å²) in [4.78, 5) is 6.88. The van der Waals surface area contributed by atoms with E-state index in [1.165, 1.54) is 6.42 Å². The molecule has 1 aliphatic rings. The number of hydrogen-bond donors (Lipinski definition) is 2. The fourth-order valence-corrected chi connectivity index (χ4v) is 2.72. The first kappa shape index (κ1) is 15.9. The lowest BCUT2D eigenvalue weighted by atomic mass is 9.99. The molecule has 1 aliphatic heterocycles. The maximum Gasteiger partial charge on any atom is 0.239 e. The summed E-state index contributed by atoms with van der Waals surface area (Å²) in [6.07, 6.45) is 4.24. The third-order valence-corrected chi connectivity index (χ3v) is 3.66. The van der Waals surface area contributed by atoms with Crippen LogP contribution in [0.2, 0.25) is 0 Å². The Morgan fingerprint density at radius 3 is 2.81 bits per heavy atom. The SMILES string of the molecule is CC(C)(C)Oc1nc(N2CCCCC2CCO)ccc1N. The Kier molecular flexibility index (Phi) is 4.93. The summed E-state index contributed by atoms with van der Waals surface area (Å²) in [5.74, 6) is 1.38. The zero-order valence-electron chi connectivity index (χ0n) is 13.3. The molecule has 1 unspecified atom stereocenters. The number of aliphatic hydroxyl groups is 1. The van der Waals surface area contributed by atoms with Gasteiger partial charge in [-0.05, 0) is 58.6 Å². The number of nitrogens with two attached hydrogens (primary N) is 1. The van der Waals surface area contributed by atoms with E-state index in [1.54, 1.807) is 0 Å². The van der Waals surface area contributed by atoms with Crippen LogP contribution in [0.4, 0.5) is 11.5 Å². The van der Waals surface area contributed by atoms with Gasteiger partial charge in [0.05, 0.1) is 5.69 Å². The molecule has 1 atom stereocenters. The van der Waals surface area contributed by atoms with Crippen molar-refractivity contribution in [3.05, 3.63) is 12.1 Å². The lowest BCUT2D eigenvalue weighted by Gasteiger charge is -2.36. The minimum Gasteiger partial charge on any atom is -0.470 e. The van der Waals surface area contributed by atoms with Crippen molar-refractivity contribution in [3.63, 3.8) is 0 Å². The van der Waals surface area contributed by atoms with Gasteiger partial charge in [-0.2, -0.15) is 4.98 Å². The van der Waals surface area contributed by atoms with E-state index in [1.807, 2.05) is 32.9 Å². The van der Waals surface area contributed by atoms with Crippen LogP contribution >= 0.6 is 0 Å². The Hall–Kier alpha value is -1.49. The number of pyridine rings is 1. The summed E-state index contributed by atoms with van der Waals surface area (Å²) in [5, 5.41) is 9.24. The quantitative estimate of drug-likeness (QED) is 0.892. The second kappa shape index (κ2) is 6.52. The molecule has 2 rings (SSSR count). The first-order valence-electron chi connectivity index (χ1n) is 7.74. The zero-order chi connectivity index (χ0) is 15.5. The molecular formula is C16H27N3O2. The molecule has 118 valence electrons. The van der Waals surface area contributed by atoms with Gasteiger partial charge in [0.1, 0.15) is 11.4 Å². The van der Waals surface area contributed by atoms with Crippen LogP contribution in [0.3, 0.4) is 0 Å². The number of ether oxygens (including phenoxy) is 1. The van der Waals surface area contributed by atoms with Crippen molar-refractivity contribution in [1.82, 2.24) is 4.98 Å².